The number of halogens is 1. The van der Waals surface area contributed by atoms with Crippen molar-refractivity contribution in [3.8, 4) is 0 Å². The molecule has 0 bridgehead atoms. The van der Waals surface area contributed by atoms with Gasteiger partial charge in [-0.05, 0) is 23.8 Å². The second-order valence-corrected chi connectivity index (χ2v) is 7.17. The fraction of sp³-hybridized carbons (Fsp3) is 0.333. The second kappa shape index (κ2) is 7.28. The number of rotatable bonds is 4. The lowest BCUT2D eigenvalue weighted by atomic mass is 9.99. The number of benzene rings is 1. The highest BCUT2D eigenvalue weighted by molar-refractivity contribution is 6.30. The maximum atomic E-state index is 10.6. The largest absolute Gasteiger partial charge is 0.387 e. The Morgan fingerprint density at radius 1 is 1.18 bits per heavy atom. The summed E-state index contributed by atoms with van der Waals surface area (Å²) in [6, 6.07) is 8.31. The highest BCUT2D eigenvalue weighted by Gasteiger charge is 2.47. The number of nitrogens with two attached hydrogens (primary N) is 1. The van der Waals surface area contributed by atoms with Crippen molar-refractivity contribution in [2.45, 2.75) is 30.6 Å². The predicted molar refractivity (Wildman–Crippen MR) is 102 cm³/mol. The second-order valence-electron chi connectivity index (χ2n) is 6.74. The van der Waals surface area contributed by atoms with Crippen LogP contribution < -0.4 is 10.9 Å². The summed E-state index contributed by atoms with van der Waals surface area (Å²) in [5, 5.41) is 34.3. The Hall–Kier alpha value is -2.27. The molecule has 0 amide bonds. The van der Waals surface area contributed by atoms with Crippen molar-refractivity contribution in [3.05, 3.63) is 53.4 Å². The average molecular weight is 406 g/mol. The van der Waals surface area contributed by atoms with Gasteiger partial charge in [0.2, 0.25) is 0 Å². The Balaban J connectivity index is 1.66. The number of fused-ring (bicyclic) bond motifs is 1. The van der Waals surface area contributed by atoms with E-state index in [0.29, 0.717) is 27.4 Å². The fourth-order valence-electron chi connectivity index (χ4n) is 3.47. The summed E-state index contributed by atoms with van der Waals surface area (Å²) in [5.74, 6) is 6.31. The Kier molecular flexibility index (Phi) is 4.96. The van der Waals surface area contributed by atoms with E-state index in [4.69, 9.17) is 22.2 Å². The SMILES string of the molecule is CN(N)c1ncnc2c1ccn2[C@@H]1O[C@H]([C@H](O)c2ccc(Cl)cc2)[C@@H](O)[C@H]1O. The molecule has 0 unspecified atom stereocenters. The van der Waals surface area contributed by atoms with Gasteiger partial charge in [-0.15, -0.1) is 0 Å². The molecular formula is C18H20ClN5O4. The van der Waals surface area contributed by atoms with Crippen LogP contribution in [0.4, 0.5) is 5.82 Å². The minimum absolute atomic E-state index is 0.486. The molecule has 10 heteroatoms. The number of aliphatic hydroxyl groups excluding tert-OH is 3. The van der Waals surface area contributed by atoms with Crippen LogP contribution in [0.25, 0.3) is 11.0 Å². The molecule has 0 spiro atoms. The Morgan fingerprint density at radius 3 is 2.57 bits per heavy atom. The van der Waals surface area contributed by atoms with Crippen LogP contribution >= 0.6 is 11.6 Å². The Labute approximate surface area is 165 Å². The van der Waals surface area contributed by atoms with Crippen molar-refractivity contribution in [1.82, 2.24) is 14.5 Å². The minimum Gasteiger partial charge on any atom is -0.387 e. The number of hydrogen-bond acceptors (Lipinski definition) is 8. The first-order valence-corrected chi connectivity index (χ1v) is 9.01. The smallest absolute Gasteiger partial charge is 0.164 e. The van der Waals surface area contributed by atoms with Gasteiger partial charge in [0.25, 0.3) is 0 Å². The zero-order valence-corrected chi connectivity index (χ0v) is 15.7. The molecule has 9 nitrogen and oxygen atoms in total. The highest BCUT2D eigenvalue weighted by Crippen LogP contribution is 2.38. The van der Waals surface area contributed by atoms with Gasteiger partial charge in [-0.1, -0.05) is 23.7 Å². The van der Waals surface area contributed by atoms with Crippen LogP contribution in [0, 0.1) is 0 Å². The molecule has 1 aromatic carbocycles. The van der Waals surface area contributed by atoms with Gasteiger partial charge in [-0.2, -0.15) is 0 Å². The number of ether oxygens (including phenoxy) is 1. The van der Waals surface area contributed by atoms with E-state index in [-0.39, 0.29) is 0 Å². The van der Waals surface area contributed by atoms with E-state index in [2.05, 4.69) is 9.97 Å². The fourth-order valence-corrected chi connectivity index (χ4v) is 3.60. The number of hydrazine groups is 1. The van der Waals surface area contributed by atoms with Crippen LogP contribution in [-0.2, 0) is 4.74 Å². The van der Waals surface area contributed by atoms with E-state index in [1.54, 1.807) is 48.1 Å². The van der Waals surface area contributed by atoms with E-state index in [1.165, 1.54) is 11.3 Å². The first-order valence-electron chi connectivity index (χ1n) is 8.63. The molecule has 148 valence electrons. The molecule has 1 saturated heterocycles. The van der Waals surface area contributed by atoms with Crippen molar-refractivity contribution in [2.75, 3.05) is 12.1 Å². The Bertz CT molecular complexity index is 980. The number of aliphatic hydroxyl groups is 3. The van der Waals surface area contributed by atoms with Crippen molar-refractivity contribution in [1.29, 1.82) is 0 Å². The van der Waals surface area contributed by atoms with Crippen LogP contribution in [0.15, 0.2) is 42.9 Å². The van der Waals surface area contributed by atoms with Gasteiger partial charge in [0, 0.05) is 18.3 Å². The molecular weight excluding hydrogens is 386 g/mol. The summed E-state index contributed by atoms with van der Waals surface area (Å²) in [7, 11) is 1.66. The van der Waals surface area contributed by atoms with Gasteiger partial charge >= 0.3 is 0 Å². The number of aromatic nitrogens is 3. The van der Waals surface area contributed by atoms with Crippen LogP contribution in [-0.4, -0.2) is 55.2 Å². The predicted octanol–water partition coefficient (Wildman–Crippen LogP) is 0.747. The molecule has 1 fully saturated rings. The lowest BCUT2D eigenvalue weighted by Gasteiger charge is -2.21. The normalized spacial score (nSPS) is 25.9. The van der Waals surface area contributed by atoms with Crippen LogP contribution in [0.3, 0.4) is 0 Å². The van der Waals surface area contributed by atoms with Gasteiger partial charge in [0.05, 0.1) is 5.39 Å². The maximum absolute atomic E-state index is 10.6. The molecule has 0 saturated carbocycles. The molecule has 5 N–H and O–H groups in total. The van der Waals surface area contributed by atoms with Crippen LogP contribution in [0.5, 0.6) is 0 Å². The van der Waals surface area contributed by atoms with Crippen molar-refractivity contribution in [2.24, 2.45) is 5.84 Å². The van der Waals surface area contributed by atoms with E-state index >= 15 is 0 Å². The molecule has 1 aliphatic heterocycles. The quantitative estimate of drug-likeness (QED) is 0.369. The van der Waals surface area contributed by atoms with Gasteiger partial charge in [0.15, 0.2) is 12.0 Å². The average Bonchev–Trinajstić information content (AvgIpc) is 3.23. The third-order valence-electron chi connectivity index (χ3n) is 4.89. The van der Waals surface area contributed by atoms with E-state index in [0.717, 1.165) is 0 Å². The highest BCUT2D eigenvalue weighted by atomic mass is 35.5. The summed E-state index contributed by atoms with van der Waals surface area (Å²) in [4.78, 5) is 8.39. The van der Waals surface area contributed by atoms with Gasteiger partial charge in [-0.25, -0.2) is 15.8 Å². The van der Waals surface area contributed by atoms with E-state index in [9.17, 15) is 15.3 Å². The molecule has 4 rings (SSSR count). The molecule has 2 aromatic heterocycles. The molecule has 1 aliphatic rings. The summed E-state index contributed by atoms with van der Waals surface area (Å²) in [6.07, 6.45) is -2.65. The number of anilines is 1. The number of hydrogen-bond donors (Lipinski definition) is 4. The third-order valence-corrected chi connectivity index (χ3v) is 5.15. The summed E-state index contributed by atoms with van der Waals surface area (Å²) >= 11 is 5.88. The summed E-state index contributed by atoms with van der Waals surface area (Å²) in [5.41, 5.74) is 1.01. The molecule has 28 heavy (non-hydrogen) atoms. The molecule has 3 aromatic rings. The summed E-state index contributed by atoms with van der Waals surface area (Å²) < 4.78 is 7.45. The van der Waals surface area contributed by atoms with Crippen LogP contribution in [0.2, 0.25) is 5.02 Å². The standard InChI is InChI=1S/C18H20ClN5O4/c1-23(20)16-11-6-7-24(17(11)22-8-21-16)18-14(27)13(26)15(28-18)12(25)9-2-4-10(19)5-3-9/h2-8,12-15,18,25-27H,20H2,1H3/t12-,13+,14-,15-,18-/m1/s1. The zero-order valence-electron chi connectivity index (χ0n) is 14.9. The zero-order chi connectivity index (χ0) is 20.0. The van der Waals surface area contributed by atoms with E-state index in [1.807, 2.05) is 0 Å². The van der Waals surface area contributed by atoms with Gasteiger partial charge < -0.3 is 24.6 Å². The minimum atomic E-state index is -1.30. The van der Waals surface area contributed by atoms with Crippen molar-refractivity contribution < 1.29 is 20.1 Å². The van der Waals surface area contributed by atoms with E-state index < -0.39 is 30.6 Å². The van der Waals surface area contributed by atoms with Gasteiger partial charge in [-0.3, -0.25) is 5.01 Å². The monoisotopic (exact) mass is 405 g/mol. The lowest BCUT2D eigenvalue weighted by Crippen LogP contribution is -2.34. The molecule has 3 heterocycles. The first kappa shape index (κ1) is 19.1. The molecule has 5 atom stereocenters. The topological polar surface area (TPSA) is 130 Å². The number of nitrogens with zero attached hydrogens (tertiary/aromatic N) is 4. The summed E-state index contributed by atoms with van der Waals surface area (Å²) in [6.45, 7) is 0. The van der Waals surface area contributed by atoms with Crippen LogP contribution in [0.1, 0.15) is 17.9 Å². The third kappa shape index (κ3) is 3.12. The van der Waals surface area contributed by atoms with Crippen molar-refractivity contribution >= 4 is 28.5 Å². The van der Waals surface area contributed by atoms with Crippen molar-refractivity contribution in [3.63, 3.8) is 0 Å². The van der Waals surface area contributed by atoms with Gasteiger partial charge in [0.1, 0.15) is 36.4 Å². The Morgan fingerprint density at radius 2 is 1.89 bits per heavy atom. The molecule has 0 aliphatic carbocycles. The maximum Gasteiger partial charge on any atom is 0.164 e. The first-order chi connectivity index (χ1) is 13.4. The molecule has 0 radical (unpaired) electrons. The lowest BCUT2D eigenvalue weighted by molar-refractivity contribution is -0.0848.